The molecule has 0 aliphatic heterocycles. The molecule has 100 valence electrons. The molecule has 1 amide bonds. The molecule has 0 bridgehead atoms. The second-order valence-corrected chi connectivity index (χ2v) is 6.24. The number of carboxylic acid groups (broad SMARTS) is 1. The van der Waals surface area contributed by atoms with E-state index < -0.39 is 34.5 Å². The third-order valence-corrected chi connectivity index (χ3v) is 3.44. The van der Waals surface area contributed by atoms with Gasteiger partial charge in [0.2, 0.25) is 15.9 Å². The lowest BCUT2D eigenvalue weighted by atomic mass is 10.1. The number of nitrogens with one attached hydrogen (secondary N) is 1. The van der Waals surface area contributed by atoms with E-state index in [9.17, 15) is 18.0 Å². The molecule has 7 nitrogen and oxygen atoms in total. The Balaban J connectivity index is 4.50. The van der Waals surface area contributed by atoms with Crippen LogP contribution in [-0.4, -0.2) is 55.6 Å². The Bertz CT molecular complexity index is 390. The zero-order valence-electron chi connectivity index (χ0n) is 10.3. The van der Waals surface area contributed by atoms with Crippen molar-refractivity contribution < 1.29 is 23.1 Å². The van der Waals surface area contributed by atoms with Crippen LogP contribution in [0.25, 0.3) is 0 Å². The first kappa shape index (κ1) is 15.9. The number of likely N-dealkylation sites (N-methyl/N-ethyl adjacent to an activating group) is 1. The van der Waals surface area contributed by atoms with Gasteiger partial charge < -0.3 is 10.4 Å². The van der Waals surface area contributed by atoms with Gasteiger partial charge in [-0.1, -0.05) is 13.8 Å². The van der Waals surface area contributed by atoms with Crippen LogP contribution < -0.4 is 5.32 Å². The summed E-state index contributed by atoms with van der Waals surface area (Å²) in [4.78, 5) is 22.3. The maximum atomic E-state index is 11.4. The maximum absolute atomic E-state index is 11.4. The average molecular weight is 266 g/mol. The van der Waals surface area contributed by atoms with Gasteiger partial charge in [0.25, 0.3) is 0 Å². The number of sulfonamides is 1. The molecule has 0 fully saturated rings. The van der Waals surface area contributed by atoms with Crippen LogP contribution >= 0.6 is 0 Å². The van der Waals surface area contributed by atoms with Crippen molar-refractivity contribution in [2.45, 2.75) is 19.9 Å². The normalized spacial score (nSPS) is 13.8. The molecule has 0 aliphatic carbocycles. The van der Waals surface area contributed by atoms with Crippen molar-refractivity contribution in [1.29, 1.82) is 0 Å². The zero-order valence-corrected chi connectivity index (χ0v) is 11.1. The first-order chi connectivity index (χ1) is 7.55. The van der Waals surface area contributed by atoms with Crippen LogP contribution in [0.4, 0.5) is 0 Å². The fourth-order valence-corrected chi connectivity index (χ4v) is 1.40. The minimum atomic E-state index is -3.45. The topological polar surface area (TPSA) is 104 Å². The van der Waals surface area contributed by atoms with E-state index in [4.69, 9.17) is 5.11 Å². The van der Waals surface area contributed by atoms with Crippen LogP contribution in [0.3, 0.4) is 0 Å². The minimum absolute atomic E-state index is 0.278. The molecule has 0 saturated heterocycles. The highest BCUT2D eigenvalue weighted by Crippen LogP contribution is 2.02. The Morgan fingerprint density at radius 1 is 1.35 bits per heavy atom. The van der Waals surface area contributed by atoms with Crippen LogP contribution in [0.2, 0.25) is 0 Å². The van der Waals surface area contributed by atoms with Gasteiger partial charge in [-0.15, -0.1) is 0 Å². The van der Waals surface area contributed by atoms with Crippen molar-refractivity contribution in [2.75, 3.05) is 19.8 Å². The first-order valence-corrected chi connectivity index (χ1v) is 6.84. The van der Waals surface area contributed by atoms with Gasteiger partial charge in [0.15, 0.2) is 0 Å². The highest BCUT2D eigenvalue weighted by Gasteiger charge is 2.24. The second-order valence-electron chi connectivity index (χ2n) is 4.15. The van der Waals surface area contributed by atoms with Crippen molar-refractivity contribution >= 4 is 21.9 Å². The number of carboxylic acids is 1. The Morgan fingerprint density at radius 2 is 1.82 bits per heavy atom. The van der Waals surface area contributed by atoms with Gasteiger partial charge in [-0.25, -0.2) is 13.2 Å². The molecule has 0 rings (SSSR count). The van der Waals surface area contributed by atoms with Gasteiger partial charge in [-0.05, 0) is 5.92 Å². The molecule has 0 heterocycles. The quantitative estimate of drug-likeness (QED) is 0.648. The SMILES string of the molecule is CC(C)[C@H](NC(=O)CN(C)S(C)(=O)=O)C(=O)O. The lowest BCUT2D eigenvalue weighted by Crippen LogP contribution is -2.48. The lowest BCUT2D eigenvalue weighted by Gasteiger charge is -2.20. The number of hydrogen-bond acceptors (Lipinski definition) is 4. The number of nitrogens with zero attached hydrogens (tertiary/aromatic N) is 1. The molecule has 1 atom stereocenters. The number of hydrogen-bond donors (Lipinski definition) is 2. The fraction of sp³-hybridized carbons (Fsp3) is 0.778. The summed E-state index contributed by atoms with van der Waals surface area (Å²) >= 11 is 0. The van der Waals surface area contributed by atoms with Gasteiger partial charge in [-0.2, -0.15) is 4.31 Å². The molecule has 0 aromatic carbocycles. The second kappa shape index (κ2) is 5.97. The summed E-state index contributed by atoms with van der Waals surface area (Å²) < 4.78 is 22.9. The molecule has 0 aliphatic rings. The fourth-order valence-electron chi connectivity index (χ4n) is 1.05. The van der Waals surface area contributed by atoms with E-state index >= 15 is 0 Å². The largest absolute Gasteiger partial charge is 0.480 e. The predicted octanol–water partition coefficient (Wildman–Crippen LogP) is -0.897. The summed E-state index contributed by atoms with van der Waals surface area (Å²) in [6.45, 7) is 2.91. The molecule has 0 radical (unpaired) electrons. The van der Waals surface area contributed by atoms with Crippen LogP contribution in [0, 0.1) is 5.92 Å². The molecule has 17 heavy (non-hydrogen) atoms. The Labute approximate surface area is 101 Å². The van der Waals surface area contributed by atoms with Crippen LogP contribution in [0.15, 0.2) is 0 Å². The van der Waals surface area contributed by atoms with Crippen molar-refractivity contribution in [2.24, 2.45) is 5.92 Å². The van der Waals surface area contributed by atoms with Gasteiger partial charge in [0.1, 0.15) is 6.04 Å². The summed E-state index contributed by atoms with van der Waals surface area (Å²) in [5.74, 6) is -2.06. The number of carbonyl (C=O) groups excluding carboxylic acids is 1. The van der Waals surface area contributed by atoms with E-state index in [0.717, 1.165) is 10.6 Å². The summed E-state index contributed by atoms with van der Waals surface area (Å²) in [5, 5.41) is 11.1. The predicted molar refractivity (Wildman–Crippen MR) is 61.9 cm³/mol. The van der Waals surface area contributed by atoms with E-state index in [-0.39, 0.29) is 5.92 Å². The molecule has 8 heteroatoms. The van der Waals surface area contributed by atoms with E-state index in [2.05, 4.69) is 5.32 Å². The standard InChI is InChI=1S/C9H18N2O5S/c1-6(2)8(9(13)14)10-7(12)5-11(3)17(4,15)16/h6,8H,5H2,1-4H3,(H,10,12)(H,13,14)/t8-/m0/s1. The highest BCUT2D eigenvalue weighted by molar-refractivity contribution is 7.88. The van der Waals surface area contributed by atoms with Crippen molar-refractivity contribution in [3.05, 3.63) is 0 Å². The van der Waals surface area contributed by atoms with E-state index in [1.54, 1.807) is 13.8 Å². The number of aliphatic carboxylic acids is 1. The maximum Gasteiger partial charge on any atom is 0.326 e. The summed E-state index contributed by atoms with van der Waals surface area (Å²) in [7, 11) is -2.20. The third-order valence-electron chi connectivity index (χ3n) is 2.18. The first-order valence-electron chi connectivity index (χ1n) is 4.99. The Kier molecular flexibility index (Phi) is 5.56. The molecular weight excluding hydrogens is 248 g/mol. The number of rotatable bonds is 6. The zero-order chi connectivity index (χ0) is 13.8. The van der Waals surface area contributed by atoms with Gasteiger partial charge >= 0.3 is 5.97 Å². The molecule has 0 aromatic rings. The minimum Gasteiger partial charge on any atom is -0.480 e. The van der Waals surface area contributed by atoms with Crippen LogP contribution in [0.5, 0.6) is 0 Å². The van der Waals surface area contributed by atoms with Gasteiger partial charge in [-0.3, -0.25) is 4.79 Å². The average Bonchev–Trinajstić information content (AvgIpc) is 2.11. The smallest absolute Gasteiger partial charge is 0.326 e. The summed E-state index contributed by atoms with van der Waals surface area (Å²) in [6, 6.07) is -1.02. The van der Waals surface area contributed by atoms with E-state index in [1.165, 1.54) is 7.05 Å². The molecule has 0 spiro atoms. The summed E-state index contributed by atoms with van der Waals surface area (Å²) in [5.41, 5.74) is 0. The molecule has 2 N–H and O–H groups in total. The van der Waals surface area contributed by atoms with E-state index in [0.29, 0.717) is 0 Å². The highest BCUT2D eigenvalue weighted by atomic mass is 32.2. The molecular formula is C9H18N2O5S. The van der Waals surface area contributed by atoms with Crippen molar-refractivity contribution in [1.82, 2.24) is 9.62 Å². The molecule has 0 saturated carbocycles. The molecule has 0 unspecified atom stereocenters. The van der Waals surface area contributed by atoms with Crippen LogP contribution in [0.1, 0.15) is 13.8 Å². The van der Waals surface area contributed by atoms with Crippen molar-refractivity contribution in [3.63, 3.8) is 0 Å². The third kappa shape index (κ3) is 5.64. The summed E-state index contributed by atoms with van der Waals surface area (Å²) in [6.07, 6.45) is 0.970. The number of amides is 1. The van der Waals surface area contributed by atoms with Crippen molar-refractivity contribution in [3.8, 4) is 0 Å². The Morgan fingerprint density at radius 3 is 2.12 bits per heavy atom. The number of carbonyl (C=O) groups is 2. The van der Waals surface area contributed by atoms with Crippen LogP contribution in [-0.2, 0) is 19.6 Å². The monoisotopic (exact) mass is 266 g/mol. The van der Waals surface area contributed by atoms with E-state index in [1.807, 2.05) is 0 Å². The molecule has 0 aromatic heterocycles. The lowest BCUT2D eigenvalue weighted by molar-refractivity contribution is -0.143. The van der Waals surface area contributed by atoms with Gasteiger partial charge in [0, 0.05) is 7.05 Å². The Hall–Kier alpha value is -1.15. The van der Waals surface area contributed by atoms with Gasteiger partial charge in [0.05, 0.1) is 12.8 Å².